The maximum absolute atomic E-state index is 12.8. The van der Waals surface area contributed by atoms with Gasteiger partial charge in [-0.3, -0.25) is 0 Å². The van der Waals surface area contributed by atoms with E-state index in [4.69, 9.17) is 14.2 Å². The van der Waals surface area contributed by atoms with E-state index < -0.39 is 21.4 Å². The van der Waals surface area contributed by atoms with Gasteiger partial charge in [0.1, 0.15) is 11.7 Å². The largest absolute Gasteiger partial charge is 0.366 e. The van der Waals surface area contributed by atoms with Crippen molar-refractivity contribution in [3.8, 4) is 0 Å². The summed E-state index contributed by atoms with van der Waals surface area (Å²) in [5, 5.41) is 4.36. The monoisotopic (exact) mass is 434 g/mol. The summed E-state index contributed by atoms with van der Waals surface area (Å²) in [5.74, 6) is -0.746. The van der Waals surface area contributed by atoms with Crippen molar-refractivity contribution >= 4 is 15.7 Å². The van der Waals surface area contributed by atoms with Gasteiger partial charge < -0.3 is 14.2 Å². The van der Waals surface area contributed by atoms with Crippen LogP contribution in [0.25, 0.3) is 0 Å². The van der Waals surface area contributed by atoms with E-state index in [1.807, 2.05) is 34.6 Å². The molecule has 2 aliphatic heterocycles. The molecule has 1 saturated carbocycles. The lowest BCUT2D eigenvalue weighted by Gasteiger charge is -2.54. The van der Waals surface area contributed by atoms with Gasteiger partial charge in [-0.15, -0.1) is 0 Å². The molecule has 30 heavy (non-hydrogen) atoms. The average molecular weight is 435 g/mol. The summed E-state index contributed by atoms with van der Waals surface area (Å²) in [7, 11) is -3.79. The maximum atomic E-state index is 12.8. The number of rotatable bonds is 4. The van der Waals surface area contributed by atoms with E-state index in [-0.39, 0.29) is 22.3 Å². The van der Waals surface area contributed by atoms with Crippen LogP contribution in [0.1, 0.15) is 39.7 Å². The highest BCUT2D eigenvalue weighted by molar-refractivity contribution is 7.89. The summed E-state index contributed by atoms with van der Waals surface area (Å²) in [6, 6.07) is 6.65. The van der Waals surface area contributed by atoms with Crippen molar-refractivity contribution in [2.75, 3.05) is 13.2 Å². The number of ether oxygens (including phenoxy) is 3. The summed E-state index contributed by atoms with van der Waals surface area (Å²) in [6.07, 6.45) is 0.221. The molecule has 7 nitrogen and oxygen atoms in total. The summed E-state index contributed by atoms with van der Waals surface area (Å²) in [6.45, 7) is 14.7. The molecule has 1 aromatic rings. The first-order valence-corrected chi connectivity index (χ1v) is 11.6. The van der Waals surface area contributed by atoms with Gasteiger partial charge >= 0.3 is 0 Å². The number of hydrogen-bond donors (Lipinski definition) is 1. The van der Waals surface area contributed by atoms with Crippen molar-refractivity contribution in [3.63, 3.8) is 0 Å². The quantitative estimate of drug-likeness (QED) is 0.581. The molecule has 0 aromatic heterocycles. The van der Waals surface area contributed by atoms with Crippen LogP contribution in [0, 0.1) is 18.3 Å². The molecule has 0 unspecified atom stereocenters. The molecule has 8 heteroatoms. The van der Waals surface area contributed by atoms with Crippen LogP contribution in [0.3, 0.4) is 0 Å². The third kappa shape index (κ3) is 3.30. The second-order valence-electron chi connectivity index (χ2n) is 9.38. The summed E-state index contributed by atoms with van der Waals surface area (Å²) in [4.78, 5) is 2.58. The van der Waals surface area contributed by atoms with E-state index in [1.165, 1.54) is 0 Å². The van der Waals surface area contributed by atoms with Crippen molar-refractivity contribution in [3.05, 3.63) is 42.0 Å². The van der Waals surface area contributed by atoms with Gasteiger partial charge in [0.25, 0.3) is 10.0 Å². The van der Waals surface area contributed by atoms with E-state index in [0.717, 1.165) is 11.1 Å². The van der Waals surface area contributed by atoms with Crippen molar-refractivity contribution in [1.82, 2.24) is 4.83 Å². The third-order valence-corrected chi connectivity index (χ3v) is 7.87. The molecule has 2 heterocycles. The first kappa shape index (κ1) is 21.5. The Labute approximate surface area is 178 Å². The summed E-state index contributed by atoms with van der Waals surface area (Å²) < 4.78 is 44.2. The Balaban J connectivity index is 1.70. The number of nitrogens with zero attached hydrogens (tertiary/aromatic N) is 1. The van der Waals surface area contributed by atoms with E-state index in [9.17, 15) is 8.42 Å². The van der Waals surface area contributed by atoms with Gasteiger partial charge in [-0.1, -0.05) is 29.8 Å². The number of nitrogens with one attached hydrogen (secondary N) is 1. The lowest BCUT2D eigenvalue weighted by atomic mass is 9.59. The van der Waals surface area contributed by atoms with E-state index in [1.54, 1.807) is 24.3 Å². The highest BCUT2D eigenvalue weighted by Crippen LogP contribution is 2.58. The molecule has 0 spiro atoms. The molecule has 1 N–H and O–H groups in total. The molecule has 4 atom stereocenters. The molecule has 1 aromatic carbocycles. The second kappa shape index (κ2) is 6.88. The molecule has 4 rings (SSSR count). The lowest BCUT2D eigenvalue weighted by molar-refractivity contribution is -0.323. The zero-order valence-corrected chi connectivity index (χ0v) is 19.0. The summed E-state index contributed by atoms with van der Waals surface area (Å²) >= 11 is 0. The summed E-state index contributed by atoms with van der Waals surface area (Å²) in [5.41, 5.74) is 1.38. The normalized spacial score (nSPS) is 36.4. The SMILES string of the molecule is C=C(C)[C@H]1C/C(=N/NS(=O)(=O)c2ccc(C)cc2)[C@@]2(C)OC[C@@]13COC(C)(C)O[C@@H]32. The first-order chi connectivity index (χ1) is 13.9. The lowest BCUT2D eigenvalue weighted by Crippen LogP contribution is -2.65. The number of aryl methyl sites for hydroxylation is 1. The van der Waals surface area contributed by atoms with E-state index >= 15 is 0 Å². The van der Waals surface area contributed by atoms with Crippen LogP contribution in [-0.4, -0.2) is 44.8 Å². The molecule has 1 aliphatic carbocycles. The Morgan fingerprint density at radius 2 is 1.80 bits per heavy atom. The minimum absolute atomic E-state index is 0.0109. The zero-order chi connectivity index (χ0) is 21.9. The van der Waals surface area contributed by atoms with E-state index in [0.29, 0.717) is 25.3 Å². The Hall–Kier alpha value is -1.74. The van der Waals surface area contributed by atoms with E-state index in [2.05, 4.69) is 16.5 Å². The molecule has 2 saturated heterocycles. The smallest absolute Gasteiger partial charge is 0.276 e. The average Bonchev–Trinajstić information content (AvgIpc) is 2.87. The molecule has 0 radical (unpaired) electrons. The van der Waals surface area contributed by atoms with Crippen LogP contribution < -0.4 is 4.83 Å². The maximum Gasteiger partial charge on any atom is 0.276 e. The minimum Gasteiger partial charge on any atom is -0.366 e. The predicted octanol–water partition coefficient (Wildman–Crippen LogP) is 3.15. The molecule has 3 fully saturated rings. The number of allylic oxidation sites excluding steroid dienone is 1. The first-order valence-electron chi connectivity index (χ1n) is 10.2. The standard InChI is InChI=1S/C22H30N2O5S/c1-14(2)17-11-18(23-24-30(25,26)16-9-7-15(3)8-10-16)21(6)19-22(17,13-28-21)12-27-20(4,5)29-19/h7-10,17,19,24H,1,11-13H2,2-6H3/b23-18-/t17-,19-,21-,22+/m1/s1. The van der Waals surface area contributed by atoms with Gasteiger partial charge in [0, 0.05) is 0 Å². The predicted molar refractivity (Wildman–Crippen MR) is 114 cm³/mol. The number of hydrazone groups is 1. The molecule has 0 amide bonds. The van der Waals surface area contributed by atoms with Gasteiger partial charge in [-0.2, -0.15) is 13.5 Å². The minimum atomic E-state index is -3.79. The van der Waals surface area contributed by atoms with Crippen LogP contribution in [0.4, 0.5) is 0 Å². The Morgan fingerprint density at radius 3 is 2.43 bits per heavy atom. The topological polar surface area (TPSA) is 86.2 Å². The van der Waals surface area contributed by atoms with Crippen LogP contribution in [0.2, 0.25) is 0 Å². The van der Waals surface area contributed by atoms with Crippen molar-refractivity contribution < 1.29 is 22.6 Å². The fourth-order valence-electron chi connectivity index (χ4n) is 4.88. The Kier molecular flexibility index (Phi) is 4.93. The van der Waals surface area contributed by atoms with Gasteiger partial charge in [0.05, 0.1) is 29.2 Å². The van der Waals surface area contributed by atoms with Gasteiger partial charge in [0.15, 0.2) is 5.79 Å². The van der Waals surface area contributed by atoms with Gasteiger partial charge in [-0.05, 0) is 59.1 Å². The molecule has 164 valence electrons. The highest BCUT2D eigenvalue weighted by atomic mass is 32.2. The van der Waals surface area contributed by atoms with Gasteiger partial charge in [0.2, 0.25) is 0 Å². The highest BCUT2D eigenvalue weighted by Gasteiger charge is 2.69. The van der Waals surface area contributed by atoms with Gasteiger partial charge in [-0.25, -0.2) is 4.83 Å². The second-order valence-corrected chi connectivity index (χ2v) is 11.0. The zero-order valence-electron chi connectivity index (χ0n) is 18.2. The Morgan fingerprint density at radius 1 is 1.17 bits per heavy atom. The fraction of sp³-hybridized carbons (Fsp3) is 0.591. The van der Waals surface area contributed by atoms with Crippen molar-refractivity contribution in [2.24, 2.45) is 16.4 Å². The number of hydrogen-bond acceptors (Lipinski definition) is 6. The molecular weight excluding hydrogens is 404 g/mol. The fourth-order valence-corrected chi connectivity index (χ4v) is 5.71. The van der Waals surface area contributed by atoms with Crippen molar-refractivity contribution in [1.29, 1.82) is 0 Å². The van der Waals surface area contributed by atoms with Crippen LogP contribution in [0.5, 0.6) is 0 Å². The molecular formula is C22H30N2O5S. The van der Waals surface area contributed by atoms with Crippen LogP contribution in [-0.2, 0) is 24.2 Å². The number of sulfonamides is 1. The van der Waals surface area contributed by atoms with Crippen LogP contribution in [0.15, 0.2) is 46.4 Å². The molecule has 2 bridgehead atoms. The van der Waals surface area contributed by atoms with Crippen molar-refractivity contribution in [2.45, 2.75) is 63.4 Å². The number of benzene rings is 1. The third-order valence-electron chi connectivity index (χ3n) is 6.64. The molecule has 3 aliphatic rings. The Bertz CT molecular complexity index is 1000. The van der Waals surface area contributed by atoms with Crippen LogP contribution >= 0.6 is 0 Å².